The van der Waals surface area contributed by atoms with Crippen molar-refractivity contribution in [3.8, 4) is 0 Å². The minimum absolute atomic E-state index is 0.422. The third kappa shape index (κ3) is 3.00. The Morgan fingerprint density at radius 2 is 2.33 bits per heavy atom. The first kappa shape index (κ1) is 10.6. The third-order valence-corrected chi connectivity index (χ3v) is 2.52. The van der Waals surface area contributed by atoms with Gasteiger partial charge in [0.05, 0.1) is 6.61 Å². The number of hydrogen-bond donors (Lipinski definition) is 1. The van der Waals surface area contributed by atoms with Gasteiger partial charge in [-0.25, -0.2) is 0 Å². The van der Waals surface area contributed by atoms with Gasteiger partial charge >= 0.3 is 0 Å². The van der Waals surface area contributed by atoms with Gasteiger partial charge in [0.25, 0.3) is 0 Å². The summed E-state index contributed by atoms with van der Waals surface area (Å²) in [5.74, 6) is 1.25. The van der Waals surface area contributed by atoms with Crippen LogP contribution in [0.4, 0.5) is 0 Å². The molecule has 2 heterocycles. The van der Waals surface area contributed by atoms with E-state index in [1.165, 1.54) is 12.8 Å². The van der Waals surface area contributed by atoms with Gasteiger partial charge in [0.2, 0.25) is 11.8 Å². The minimum atomic E-state index is 0.422. The van der Waals surface area contributed by atoms with E-state index in [0.29, 0.717) is 24.4 Å². The average Bonchev–Trinajstić information content (AvgIpc) is 2.88. The Labute approximate surface area is 89.2 Å². The molecule has 1 aromatic heterocycles. The second-order valence-corrected chi connectivity index (χ2v) is 3.75. The number of aromatic nitrogens is 2. The second kappa shape index (κ2) is 5.23. The van der Waals surface area contributed by atoms with Crippen LogP contribution in [0, 0.1) is 0 Å². The smallest absolute Gasteiger partial charge is 0.242 e. The first-order valence-electron chi connectivity index (χ1n) is 5.51. The maximum atomic E-state index is 5.50. The van der Waals surface area contributed by atoms with Crippen molar-refractivity contribution in [2.24, 2.45) is 0 Å². The van der Waals surface area contributed by atoms with Gasteiger partial charge in [-0.05, 0) is 19.4 Å². The number of rotatable bonds is 5. The van der Waals surface area contributed by atoms with E-state index >= 15 is 0 Å². The molecule has 0 aromatic carbocycles. The van der Waals surface area contributed by atoms with Crippen LogP contribution in [0.15, 0.2) is 4.42 Å². The average molecular weight is 211 g/mol. The molecular formula is C10H17N3O2. The van der Waals surface area contributed by atoms with Crippen molar-refractivity contribution in [1.29, 1.82) is 0 Å². The van der Waals surface area contributed by atoms with E-state index in [0.717, 1.165) is 19.6 Å². The summed E-state index contributed by atoms with van der Waals surface area (Å²) in [6.07, 6.45) is 3.22. The maximum absolute atomic E-state index is 5.50. The van der Waals surface area contributed by atoms with E-state index in [1.54, 1.807) is 0 Å². The predicted molar refractivity (Wildman–Crippen MR) is 54.4 cm³/mol. The molecule has 1 aliphatic heterocycles. The molecule has 1 saturated heterocycles. The molecule has 1 N–H and O–H groups in total. The van der Waals surface area contributed by atoms with Gasteiger partial charge < -0.3 is 14.5 Å². The largest absolute Gasteiger partial charge is 0.423 e. The van der Waals surface area contributed by atoms with Gasteiger partial charge in [0.1, 0.15) is 6.61 Å². The highest BCUT2D eigenvalue weighted by Crippen LogP contribution is 2.07. The van der Waals surface area contributed by atoms with Crippen molar-refractivity contribution in [2.75, 3.05) is 13.2 Å². The molecule has 1 fully saturated rings. The fourth-order valence-electron chi connectivity index (χ4n) is 1.68. The van der Waals surface area contributed by atoms with Crippen LogP contribution in [-0.2, 0) is 17.8 Å². The van der Waals surface area contributed by atoms with Crippen LogP contribution in [-0.4, -0.2) is 29.4 Å². The number of nitrogens with zero attached hydrogens (tertiary/aromatic N) is 2. The van der Waals surface area contributed by atoms with Crippen LogP contribution in [0.2, 0.25) is 0 Å². The van der Waals surface area contributed by atoms with E-state index in [1.807, 2.05) is 6.92 Å². The van der Waals surface area contributed by atoms with Crippen LogP contribution < -0.4 is 5.32 Å². The topological polar surface area (TPSA) is 60.2 Å². The highest BCUT2D eigenvalue weighted by atomic mass is 16.5. The summed E-state index contributed by atoms with van der Waals surface area (Å²) in [5, 5.41) is 11.1. The Bertz CT molecular complexity index is 295. The molecule has 1 atom stereocenters. The van der Waals surface area contributed by atoms with Crippen molar-refractivity contribution >= 4 is 0 Å². The first-order chi connectivity index (χ1) is 7.38. The summed E-state index contributed by atoms with van der Waals surface area (Å²) in [6, 6.07) is 0.499. The summed E-state index contributed by atoms with van der Waals surface area (Å²) in [6.45, 7) is 4.24. The van der Waals surface area contributed by atoms with E-state index in [-0.39, 0.29) is 0 Å². The highest BCUT2D eigenvalue weighted by molar-refractivity contribution is 4.79. The molecule has 1 unspecified atom stereocenters. The Morgan fingerprint density at radius 1 is 1.47 bits per heavy atom. The maximum Gasteiger partial charge on any atom is 0.242 e. The standard InChI is InChI=1S/C10H17N3O2/c1-2-9-12-13-10(15-9)7-14-6-8-4-3-5-11-8/h8,11H,2-7H2,1H3. The second-order valence-electron chi connectivity index (χ2n) is 3.75. The lowest BCUT2D eigenvalue weighted by atomic mass is 10.2. The fourth-order valence-corrected chi connectivity index (χ4v) is 1.68. The molecule has 2 rings (SSSR count). The quantitative estimate of drug-likeness (QED) is 0.784. The molecule has 0 radical (unpaired) electrons. The molecule has 5 heteroatoms. The van der Waals surface area contributed by atoms with Crippen molar-refractivity contribution < 1.29 is 9.15 Å². The first-order valence-corrected chi connectivity index (χ1v) is 5.51. The Morgan fingerprint density at radius 3 is 3.00 bits per heavy atom. The number of nitrogens with one attached hydrogen (secondary N) is 1. The molecule has 0 bridgehead atoms. The van der Waals surface area contributed by atoms with Crippen LogP contribution in [0.5, 0.6) is 0 Å². The lowest BCUT2D eigenvalue weighted by Gasteiger charge is -2.08. The summed E-state index contributed by atoms with van der Waals surface area (Å²) in [7, 11) is 0. The summed E-state index contributed by atoms with van der Waals surface area (Å²) in [5.41, 5.74) is 0. The zero-order valence-corrected chi connectivity index (χ0v) is 9.03. The molecular weight excluding hydrogens is 194 g/mol. The zero-order chi connectivity index (χ0) is 10.5. The van der Waals surface area contributed by atoms with Crippen molar-refractivity contribution in [3.63, 3.8) is 0 Å². The molecule has 0 aliphatic carbocycles. The fraction of sp³-hybridized carbons (Fsp3) is 0.800. The third-order valence-electron chi connectivity index (χ3n) is 2.52. The van der Waals surface area contributed by atoms with E-state index in [2.05, 4.69) is 15.5 Å². The predicted octanol–water partition coefficient (Wildman–Crippen LogP) is 0.901. The molecule has 0 amide bonds. The van der Waals surface area contributed by atoms with Gasteiger partial charge in [-0.2, -0.15) is 0 Å². The summed E-state index contributed by atoms with van der Waals surface area (Å²) >= 11 is 0. The SMILES string of the molecule is CCc1nnc(COCC2CCCN2)o1. The zero-order valence-electron chi connectivity index (χ0n) is 9.03. The lowest BCUT2D eigenvalue weighted by molar-refractivity contribution is 0.0865. The van der Waals surface area contributed by atoms with Gasteiger partial charge in [0.15, 0.2) is 0 Å². The van der Waals surface area contributed by atoms with Crippen molar-refractivity contribution in [1.82, 2.24) is 15.5 Å². The van der Waals surface area contributed by atoms with Crippen molar-refractivity contribution in [2.45, 2.75) is 38.8 Å². The normalized spacial score (nSPS) is 21.0. The van der Waals surface area contributed by atoms with Crippen LogP contribution in [0.25, 0.3) is 0 Å². The number of hydrogen-bond acceptors (Lipinski definition) is 5. The molecule has 0 saturated carbocycles. The molecule has 84 valence electrons. The van der Waals surface area contributed by atoms with E-state index in [9.17, 15) is 0 Å². The van der Waals surface area contributed by atoms with Gasteiger partial charge in [-0.3, -0.25) is 0 Å². The molecule has 0 spiro atoms. The van der Waals surface area contributed by atoms with E-state index < -0.39 is 0 Å². The Hall–Kier alpha value is -0.940. The van der Waals surface area contributed by atoms with Gasteiger partial charge in [0, 0.05) is 12.5 Å². The molecule has 15 heavy (non-hydrogen) atoms. The minimum Gasteiger partial charge on any atom is -0.423 e. The Kier molecular flexibility index (Phi) is 3.69. The number of ether oxygens (including phenoxy) is 1. The highest BCUT2D eigenvalue weighted by Gasteiger charge is 2.14. The van der Waals surface area contributed by atoms with Gasteiger partial charge in [-0.1, -0.05) is 6.92 Å². The van der Waals surface area contributed by atoms with Crippen molar-refractivity contribution in [3.05, 3.63) is 11.8 Å². The Balaban J connectivity index is 1.68. The number of aryl methyl sites for hydroxylation is 1. The molecule has 5 nitrogen and oxygen atoms in total. The van der Waals surface area contributed by atoms with Gasteiger partial charge in [-0.15, -0.1) is 10.2 Å². The van der Waals surface area contributed by atoms with E-state index in [4.69, 9.17) is 9.15 Å². The van der Waals surface area contributed by atoms with Crippen LogP contribution in [0.1, 0.15) is 31.5 Å². The van der Waals surface area contributed by atoms with Crippen LogP contribution in [0.3, 0.4) is 0 Å². The van der Waals surface area contributed by atoms with Crippen LogP contribution >= 0.6 is 0 Å². The summed E-state index contributed by atoms with van der Waals surface area (Å²) < 4.78 is 10.8. The monoisotopic (exact) mass is 211 g/mol. The molecule has 1 aliphatic rings. The summed E-state index contributed by atoms with van der Waals surface area (Å²) in [4.78, 5) is 0. The lowest BCUT2D eigenvalue weighted by Crippen LogP contribution is -2.26. The molecule has 1 aromatic rings.